The van der Waals surface area contributed by atoms with Crippen molar-refractivity contribution in [3.63, 3.8) is 0 Å². The highest BCUT2D eigenvalue weighted by molar-refractivity contribution is 6.35. The molecule has 5 nitrogen and oxygen atoms in total. The highest BCUT2D eigenvalue weighted by Gasteiger charge is 2.14. The maximum absolute atomic E-state index is 12.0. The van der Waals surface area contributed by atoms with Crippen LogP contribution >= 0.6 is 23.2 Å². The van der Waals surface area contributed by atoms with Crippen LogP contribution in [0.5, 0.6) is 0 Å². The SMILES string of the molecule is CC(C)C(O)CNC(=O)c1ccn(-c2ccc(Cl)cc2Cl)n1. The largest absolute Gasteiger partial charge is 0.391 e. The number of rotatable bonds is 5. The number of aliphatic hydroxyl groups is 1. The van der Waals surface area contributed by atoms with E-state index in [9.17, 15) is 9.90 Å². The van der Waals surface area contributed by atoms with Gasteiger partial charge in [-0.25, -0.2) is 4.68 Å². The van der Waals surface area contributed by atoms with E-state index >= 15 is 0 Å². The van der Waals surface area contributed by atoms with Gasteiger partial charge in [-0.1, -0.05) is 37.0 Å². The summed E-state index contributed by atoms with van der Waals surface area (Å²) in [7, 11) is 0. The molecule has 0 aliphatic carbocycles. The van der Waals surface area contributed by atoms with Crippen LogP contribution in [-0.4, -0.2) is 33.4 Å². The molecule has 0 radical (unpaired) electrons. The number of nitrogens with zero attached hydrogens (tertiary/aromatic N) is 2. The number of benzene rings is 1. The van der Waals surface area contributed by atoms with Gasteiger partial charge in [0.05, 0.1) is 16.8 Å². The van der Waals surface area contributed by atoms with Gasteiger partial charge in [-0.2, -0.15) is 5.10 Å². The Labute approximate surface area is 138 Å². The Morgan fingerprint density at radius 2 is 2.09 bits per heavy atom. The van der Waals surface area contributed by atoms with E-state index in [-0.39, 0.29) is 24.1 Å². The number of aliphatic hydroxyl groups excluding tert-OH is 1. The molecule has 0 spiro atoms. The summed E-state index contributed by atoms with van der Waals surface area (Å²) in [5.74, 6) is -0.269. The number of amides is 1. The molecule has 1 amide bonds. The minimum atomic E-state index is -0.586. The summed E-state index contributed by atoms with van der Waals surface area (Å²) < 4.78 is 1.51. The van der Waals surface area contributed by atoms with E-state index in [0.717, 1.165) is 0 Å². The molecule has 0 aliphatic rings. The van der Waals surface area contributed by atoms with Crippen molar-refractivity contribution in [1.29, 1.82) is 0 Å². The number of hydrogen-bond donors (Lipinski definition) is 2. The summed E-state index contributed by atoms with van der Waals surface area (Å²) in [5.41, 5.74) is 0.884. The molecule has 0 aliphatic heterocycles. The van der Waals surface area contributed by atoms with Crippen LogP contribution in [0, 0.1) is 5.92 Å². The number of hydrogen-bond acceptors (Lipinski definition) is 3. The smallest absolute Gasteiger partial charge is 0.271 e. The fraction of sp³-hybridized carbons (Fsp3) is 0.333. The molecule has 0 saturated carbocycles. The van der Waals surface area contributed by atoms with Gasteiger partial charge in [0, 0.05) is 17.8 Å². The molecule has 0 saturated heterocycles. The molecule has 2 N–H and O–H groups in total. The Balaban J connectivity index is 2.09. The third-order valence-electron chi connectivity index (χ3n) is 3.22. The van der Waals surface area contributed by atoms with Crippen molar-refractivity contribution in [2.45, 2.75) is 20.0 Å². The minimum Gasteiger partial charge on any atom is -0.391 e. The summed E-state index contributed by atoms with van der Waals surface area (Å²) in [6, 6.07) is 6.62. The molecular weight excluding hydrogens is 325 g/mol. The molecule has 2 rings (SSSR count). The van der Waals surface area contributed by atoms with Gasteiger partial charge in [0.15, 0.2) is 5.69 Å². The van der Waals surface area contributed by atoms with Gasteiger partial charge in [0.2, 0.25) is 0 Å². The van der Waals surface area contributed by atoms with Gasteiger partial charge in [-0.3, -0.25) is 4.79 Å². The molecule has 7 heteroatoms. The molecule has 1 aromatic carbocycles. The summed E-state index contributed by atoms with van der Waals surface area (Å²) in [4.78, 5) is 12.0. The third kappa shape index (κ3) is 4.00. The Hall–Kier alpha value is -1.56. The van der Waals surface area contributed by atoms with Crippen LogP contribution in [0.15, 0.2) is 30.5 Å². The highest BCUT2D eigenvalue weighted by atomic mass is 35.5. The van der Waals surface area contributed by atoms with Gasteiger partial charge in [0.1, 0.15) is 0 Å². The zero-order valence-electron chi connectivity index (χ0n) is 12.3. The number of carbonyl (C=O) groups excluding carboxylic acids is 1. The standard InChI is InChI=1S/C15H17Cl2N3O2/c1-9(2)14(21)8-18-15(22)12-5-6-20(19-12)13-4-3-10(16)7-11(13)17/h3-7,9,14,21H,8H2,1-2H3,(H,18,22). The Morgan fingerprint density at radius 1 is 1.36 bits per heavy atom. The molecule has 1 atom stereocenters. The van der Waals surface area contributed by atoms with Crippen LogP contribution in [-0.2, 0) is 0 Å². The quantitative estimate of drug-likeness (QED) is 0.878. The lowest BCUT2D eigenvalue weighted by atomic mass is 10.1. The zero-order chi connectivity index (χ0) is 16.3. The van der Waals surface area contributed by atoms with Crippen molar-refractivity contribution in [1.82, 2.24) is 15.1 Å². The van der Waals surface area contributed by atoms with Gasteiger partial charge in [-0.15, -0.1) is 0 Å². The molecule has 2 aromatic rings. The van der Waals surface area contributed by atoms with Crippen molar-refractivity contribution in [2.75, 3.05) is 6.54 Å². The lowest BCUT2D eigenvalue weighted by molar-refractivity contribution is 0.0867. The Bertz CT molecular complexity index is 671. The third-order valence-corrected chi connectivity index (χ3v) is 3.76. The average Bonchev–Trinajstić information content (AvgIpc) is 2.93. The van der Waals surface area contributed by atoms with E-state index in [2.05, 4.69) is 10.4 Å². The predicted octanol–water partition coefficient (Wildman–Crippen LogP) is 2.93. The van der Waals surface area contributed by atoms with Crippen LogP contribution in [0.3, 0.4) is 0 Å². The maximum Gasteiger partial charge on any atom is 0.271 e. The lowest BCUT2D eigenvalue weighted by Gasteiger charge is -2.14. The van der Waals surface area contributed by atoms with E-state index in [4.69, 9.17) is 23.2 Å². The Kier molecular flexibility index (Phi) is 5.45. The molecule has 0 fully saturated rings. The second kappa shape index (κ2) is 7.13. The second-order valence-corrected chi connectivity index (χ2v) is 6.11. The minimum absolute atomic E-state index is 0.0748. The summed E-state index contributed by atoms with van der Waals surface area (Å²) >= 11 is 12.0. The first-order valence-corrected chi connectivity index (χ1v) is 7.61. The fourth-order valence-electron chi connectivity index (χ4n) is 1.77. The van der Waals surface area contributed by atoms with Crippen LogP contribution in [0.2, 0.25) is 10.0 Å². The summed E-state index contributed by atoms with van der Waals surface area (Å²) in [5, 5.41) is 17.5. The van der Waals surface area contributed by atoms with Gasteiger partial charge < -0.3 is 10.4 Å². The van der Waals surface area contributed by atoms with Crippen molar-refractivity contribution < 1.29 is 9.90 Å². The maximum atomic E-state index is 12.0. The molecule has 1 aromatic heterocycles. The monoisotopic (exact) mass is 341 g/mol. The number of carbonyl (C=O) groups is 1. The van der Waals surface area contributed by atoms with Crippen LogP contribution < -0.4 is 5.32 Å². The van der Waals surface area contributed by atoms with E-state index in [1.807, 2.05) is 13.8 Å². The average molecular weight is 342 g/mol. The van der Waals surface area contributed by atoms with E-state index < -0.39 is 6.10 Å². The van der Waals surface area contributed by atoms with Gasteiger partial charge in [-0.05, 0) is 30.2 Å². The second-order valence-electron chi connectivity index (χ2n) is 5.26. The first kappa shape index (κ1) is 16.8. The number of halogens is 2. The lowest BCUT2D eigenvalue weighted by Crippen LogP contribution is -2.34. The fourth-order valence-corrected chi connectivity index (χ4v) is 2.26. The zero-order valence-corrected chi connectivity index (χ0v) is 13.8. The van der Waals surface area contributed by atoms with Crippen molar-refractivity contribution in [2.24, 2.45) is 5.92 Å². The van der Waals surface area contributed by atoms with Crippen molar-refractivity contribution in [3.8, 4) is 5.69 Å². The van der Waals surface area contributed by atoms with Crippen LogP contribution in [0.4, 0.5) is 0 Å². The van der Waals surface area contributed by atoms with Crippen molar-refractivity contribution in [3.05, 3.63) is 46.2 Å². The Morgan fingerprint density at radius 3 is 2.73 bits per heavy atom. The highest BCUT2D eigenvalue weighted by Crippen LogP contribution is 2.23. The number of nitrogens with one attached hydrogen (secondary N) is 1. The molecule has 22 heavy (non-hydrogen) atoms. The van der Waals surface area contributed by atoms with Crippen LogP contribution in [0.1, 0.15) is 24.3 Å². The molecule has 0 bridgehead atoms. The molecule has 1 unspecified atom stereocenters. The first-order valence-electron chi connectivity index (χ1n) is 6.86. The summed E-state index contributed by atoms with van der Waals surface area (Å²) in [6.45, 7) is 3.95. The van der Waals surface area contributed by atoms with E-state index in [0.29, 0.717) is 15.7 Å². The summed E-state index contributed by atoms with van der Waals surface area (Å²) in [6.07, 6.45) is 1.06. The van der Waals surface area contributed by atoms with Gasteiger partial charge in [0.25, 0.3) is 5.91 Å². The molecule has 1 heterocycles. The van der Waals surface area contributed by atoms with E-state index in [1.165, 1.54) is 4.68 Å². The topological polar surface area (TPSA) is 67.2 Å². The number of aromatic nitrogens is 2. The predicted molar refractivity (Wildman–Crippen MR) is 86.8 cm³/mol. The van der Waals surface area contributed by atoms with E-state index in [1.54, 1.807) is 30.5 Å². The van der Waals surface area contributed by atoms with Crippen molar-refractivity contribution >= 4 is 29.1 Å². The molecule has 118 valence electrons. The van der Waals surface area contributed by atoms with Crippen LogP contribution in [0.25, 0.3) is 5.69 Å². The normalized spacial score (nSPS) is 12.5. The van der Waals surface area contributed by atoms with Gasteiger partial charge >= 0.3 is 0 Å². The first-order chi connectivity index (χ1) is 10.4. The molecular formula is C15H17Cl2N3O2.